The Bertz CT molecular complexity index is 534. The molecule has 2 aromatic rings. The summed E-state index contributed by atoms with van der Waals surface area (Å²) in [5.41, 5.74) is 0.858. The molecule has 0 amide bonds. The summed E-state index contributed by atoms with van der Waals surface area (Å²) in [6.07, 6.45) is 0. The Morgan fingerprint density at radius 1 is 1.12 bits per heavy atom. The van der Waals surface area contributed by atoms with Gasteiger partial charge in [0.1, 0.15) is 0 Å². The third kappa shape index (κ3) is 3.04. The second-order valence-corrected chi connectivity index (χ2v) is 4.30. The van der Waals surface area contributed by atoms with Crippen LogP contribution in [0.2, 0.25) is 5.28 Å². The molecule has 88 valence electrons. The van der Waals surface area contributed by atoms with Crippen LogP contribution in [-0.2, 0) is 0 Å². The largest absolute Gasteiger partial charge is 0.357 e. The van der Waals surface area contributed by atoms with Gasteiger partial charge in [-0.25, -0.2) is 0 Å². The van der Waals surface area contributed by atoms with Crippen LogP contribution >= 0.6 is 27.5 Å². The summed E-state index contributed by atoms with van der Waals surface area (Å²) in [7, 11) is 1.72. The summed E-state index contributed by atoms with van der Waals surface area (Å²) in [4.78, 5) is 12.0. The number of nitrogens with one attached hydrogen (secondary N) is 2. The standard InChI is InChI=1S/C10H9BrClN5/c1-13-9-15-8(12)16-10(17-9)14-7-5-3-2-4-6(7)11/h2-5H,1H3,(H2,13,14,15,16,17). The van der Waals surface area contributed by atoms with Crippen LogP contribution in [0, 0.1) is 0 Å². The molecule has 5 nitrogen and oxygen atoms in total. The maximum atomic E-state index is 5.78. The third-order valence-electron chi connectivity index (χ3n) is 1.95. The molecule has 2 N–H and O–H groups in total. The third-order valence-corrected chi connectivity index (χ3v) is 2.81. The minimum Gasteiger partial charge on any atom is -0.357 e. The van der Waals surface area contributed by atoms with Gasteiger partial charge in [0.15, 0.2) is 0 Å². The van der Waals surface area contributed by atoms with E-state index >= 15 is 0 Å². The first-order chi connectivity index (χ1) is 8.19. The molecule has 0 fully saturated rings. The van der Waals surface area contributed by atoms with Gasteiger partial charge in [0.25, 0.3) is 0 Å². The molecule has 0 atom stereocenters. The lowest BCUT2D eigenvalue weighted by Gasteiger charge is -2.07. The zero-order valence-electron chi connectivity index (χ0n) is 8.91. The van der Waals surface area contributed by atoms with Crippen molar-refractivity contribution in [2.75, 3.05) is 17.7 Å². The second-order valence-electron chi connectivity index (χ2n) is 3.11. The monoisotopic (exact) mass is 313 g/mol. The van der Waals surface area contributed by atoms with Crippen LogP contribution in [0.4, 0.5) is 17.6 Å². The molecule has 1 heterocycles. The van der Waals surface area contributed by atoms with Crippen molar-refractivity contribution in [3.63, 3.8) is 0 Å². The van der Waals surface area contributed by atoms with Crippen molar-refractivity contribution < 1.29 is 0 Å². The summed E-state index contributed by atoms with van der Waals surface area (Å²) in [5.74, 6) is 0.806. The Balaban J connectivity index is 2.30. The Kier molecular flexibility index (Phi) is 3.75. The van der Waals surface area contributed by atoms with Crippen LogP contribution < -0.4 is 10.6 Å². The number of para-hydroxylation sites is 1. The van der Waals surface area contributed by atoms with Crippen LogP contribution in [0.1, 0.15) is 0 Å². The van der Waals surface area contributed by atoms with Crippen molar-refractivity contribution >= 4 is 45.1 Å². The van der Waals surface area contributed by atoms with Crippen molar-refractivity contribution in [3.05, 3.63) is 34.0 Å². The minimum atomic E-state index is 0.138. The Hall–Kier alpha value is -1.40. The predicted octanol–water partition coefficient (Wildman–Crippen LogP) is 3.07. The highest BCUT2D eigenvalue weighted by atomic mass is 79.9. The average molecular weight is 315 g/mol. The number of rotatable bonds is 3. The van der Waals surface area contributed by atoms with Crippen molar-refractivity contribution in [2.24, 2.45) is 0 Å². The van der Waals surface area contributed by atoms with E-state index < -0.39 is 0 Å². The maximum absolute atomic E-state index is 5.78. The van der Waals surface area contributed by atoms with Gasteiger partial charge in [-0.15, -0.1) is 0 Å². The Morgan fingerprint density at radius 2 is 1.82 bits per heavy atom. The fourth-order valence-corrected chi connectivity index (χ4v) is 1.74. The van der Waals surface area contributed by atoms with Crippen LogP contribution in [0.3, 0.4) is 0 Å². The van der Waals surface area contributed by atoms with Gasteiger partial charge in [-0.2, -0.15) is 15.0 Å². The molecule has 17 heavy (non-hydrogen) atoms. The number of aromatic nitrogens is 3. The average Bonchev–Trinajstić information content (AvgIpc) is 2.31. The molecule has 0 aliphatic rings. The van der Waals surface area contributed by atoms with Gasteiger partial charge >= 0.3 is 0 Å². The van der Waals surface area contributed by atoms with E-state index in [0.717, 1.165) is 10.2 Å². The van der Waals surface area contributed by atoms with Gasteiger partial charge in [0.05, 0.1) is 5.69 Å². The van der Waals surface area contributed by atoms with Crippen LogP contribution in [-0.4, -0.2) is 22.0 Å². The van der Waals surface area contributed by atoms with E-state index in [-0.39, 0.29) is 5.28 Å². The van der Waals surface area contributed by atoms with E-state index in [1.807, 2.05) is 24.3 Å². The van der Waals surface area contributed by atoms with Crippen molar-refractivity contribution in [2.45, 2.75) is 0 Å². The maximum Gasteiger partial charge on any atom is 0.233 e. The molecule has 2 rings (SSSR count). The molecule has 0 saturated carbocycles. The molecule has 1 aromatic carbocycles. The first-order valence-corrected chi connectivity index (χ1v) is 5.97. The summed E-state index contributed by atoms with van der Waals surface area (Å²) in [6, 6.07) is 7.66. The first-order valence-electron chi connectivity index (χ1n) is 4.80. The summed E-state index contributed by atoms with van der Waals surface area (Å²) >= 11 is 9.21. The normalized spacial score (nSPS) is 10.1. The van der Waals surface area contributed by atoms with Gasteiger partial charge in [0, 0.05) is 11.5 Å². The number of hydrogen-bond acceptors (Lipinski definition) is 5. The minimum absolute atomic E-state index is 0.138. The smallest absolute Gasteiger partial charge is 0.233 e. The lowest BCUT2D eigenvalue weighted by molar-refractivity contribution is 1.05. The number of halogens is 2. The van der Waals surface area contributed by atoms with Gasteiger partial charge in [-0.3, -0.25) is 0 Å². The van der Waals surface area contributed by atoms with Crippen molar-refractivity contribution in [1.29, 1.82) is 0 Å². The van der Waals surface area contributed by atoms with Crippen LogP contribution in [0.25, 0.3) is 0 Å². The van der Waals surface area contributed by atoms with E-state index in [0.29, 0.717) is 11.9 Å². The molecular formula is C10H9BrClN5. The molecule has 0 radical (unpaired) electrons. The lowest BCUT2D eigenvalue weighted by Crippen LogP contribution is -2.03. The zero-order chi connectivity index (χ0) is 12.3. The molecule has 0 aliphatic carbocycles. The van der Waals surface area contributed by atoms with Crippen LogP contribution in [0.5, 0.6) is 0 Å². The van der Waals surface area contributed by atoms with Crippen molar-refractivity contribution in [3.8, 4) is 0 Å². The highest BCUT2D eigenvalue weighted by Gasteiger charge is 2.05. The lowest BCUT2D eigenvalue weighted by atomic mass is 10.3. The summed E-state index contributed by atoms with van der Waals surface area (Å²) in [5, 5.41) is 6.00. The molecule has 1 aromatic heterocycles. The SMILES string of the molecule is CNc1nc(Cl)nc(Nc2ccccc2Br)n1. The molecule has 0 spiro atoms. The van der Waals surface area contributed by atoms with Gasteiger partial charge in [-0.1, -0.05) is 12.1 Å². The van der Waals surface area contributed by atoms with Gasteiger partial charge in [0.2, 0.25) is 17.2 Å². The van der Waals surface area contributed by atoms with Crippen molar-refractivity contribution in [1.82, 2.24) is 15.0 Å². The number of benzene rings is 1. The van der Waals surface area contributed by atoms with E-state index in [2.05, 4.69) is 41.5 Å². The van der Waals surface area contributed by atoms with E-state index in [4.69, 9.17) is 11.6 Å². The first kappa shape index (κ1) is 12.1. The number of anilines is 3. The van der Waals surface area contributed by atoms with Gasteiger partial charge < -0.3 is 10.6 Å². The molecule has 0 aliphatic heterocycles. The van der Waals surface area contributed by atoms with E-state index in [1.165, 1.54) is 0 Å². The molecule has 0 bridgehead atoms. The fraction of sp³-hybridized carbons (Fsp3) is 0.100. The van der Waals surface area contributed by atoms with E-state index in [1.54, 1.807) is 7.05 Å². The topological polar surface area (TPSA) is 62.7 Å². The molecular weight excluding hydrogens is 306 g/mol. The zero-order valence-corrected chi connectivity index (χ0v) is 11.2. The van der Waals surface area contributed by atoms with E-state index in [9.17, 15) is 0 Å². The molecule has 0 saturated heterocycles. The Morgan fingerprint density at radius 3 is 2.53 bits per heavy atom. The summed E-state index contributed by atoms with van der Waals surface area (Å²) in [6.45, 7) is 0. The van der Waals surface area contributed by atoms with Gasteiger partial charge in [-0.05, 0) is 39.7 Å². The highest BCUT2D eigenvalue weighted by Crippen LogP contribution is 2.24. The second kappa shape index (κ2) is 5.29. The number of hydrogen-bond donors (Lipinski definition) is 2. The predicted molar refractivity (Wildman–Crippen MR) is 71.8 cm³/mol. The van der Waals surface area contributed by atoms with Crippen LogP contribution in [0.15, 0.2) is 28.7 Å². The highest BCUT2D eigenvalue weighted by molar-refractivity contribution is 9.10. The Labute approximate surface area is 112 Å². The fourth-order valence-electron chi connectivity index (χ4n) is 1.20. The molecule has 0 unspecified atom stereocenters. The molecule has 7 heteroatoms. The summed E-state index contributed by atoms with van der Waals surface area (Å²) < 4.78 is 0.919. The number of nitrogens with zero attached hydrogens (tertiary/aromatic N) is 3. The quantitative estimate of drug-likeness (QED) is 0.911.